The van der Waals surface area contributed by atoms with Gasteiger partial charge in [-0.3, -0.25) is 9.59 Å². The highest BCUT2D eigenvalue weighted by Crippen LogP contribution is 2.40. The predicted octanol–water partition coefficient (Wildman–Crippen LogP) is 1.78. The van der Waals surface area contributed by atoms with Crippen LogP contribution in [0.1, 0.15) is 42.2 Å². The van der Waals surface area contributed by atoms with E-state index in [4.69, 9.17) is 14.2 Å². The number of rotatable bonds is 9. The van der Waals surface area contributed by atoms with Gasteiger partial charge in [-0.25, -0.2) is 18.1 Å². The van der Waals surface area contributed by atoms with E-state index in [1.54, 1.807) is 7.11 Å². The van der Waals surface area contributed by atoms with Crippen LogP contribution in [0.4, 0.5) is 0 Å². The molecule has 0 saturated carbocycles. The number of aromatic nitrogens is 2. The molecule has 0 fully saturated rings. The maximum absolute atomic E-state index is 12.8. The Morgan fingerprint density at radius 3 is 2.61 bits per heavy atom. The first-order valence-corrected chi connectivity index (χ1v) is 12.4. The molecule has 1 aliphatic rings. The van der Waals surface area contributed by atoms with Gasteiger partial charge in [0.25, 0.3) is 11.8 Å². The standard InChI is InChI=1S/C22H29N3O7S/c1-13(2)16-9-14-10-19(32-8-6-7-30-3)22(31-4)23-20(14)17-11-18(26)15(12-25(16)17)21(27)24-33(5,28)29/h10-13,16H,6-9H2,1-5H3,(H,24,27)/t16-/m0/s1. The van der Waals surface area contributed by atoms with Gasteiger partial charge in [0.2, 0.25) is 10.0 Å². The number of hydrogen-bond donors (Lipinski definition) is 1. The van der Waals surface area contributed by atoms with Crippen LogP contribution in [-0.4, -0.2) is 57.6 Å². The Labute approximate surface area is 192 Å². The minimum Gasteiger partial charge on any atom is -0.488 e. The Kier molecular flexibility index (Phi) is 7.43. The molecule has 33 heavy (non-hydrogen) atoms. The third-order valence-corrected chi connectivity index (χ3v) is 5.93. The fourth-order valence-electron chi connectivity index (χ4n) is 3.82. The number of amides is 1. The first kappa shape index (κ1) is 24.7. The van der Waals surface area contributed by atoms with Gasteiger partial charge >= 0.3 is 0 Å². The molecule has 1 aliphatic heterocycles. The maximum Gasteiger partial charge on any atom is 0.270 e. The molecule has 11 heteroatoms. The summed E-state index contributed by atoms with van der Waals surface area (Å²) in [5.74, 6) is -0.0169. The van der Waals surface area contributed by atoms with E-state index in [1.165, 1.54) is 19.4 Å². The van der Waals surface area contributed by atoms with Gasteiger partial charge < -0.3 is 18.8 Å². The van der Waals surface area contributed by atoms with E-state index in [0.29, 0.717) is 43.2 Å². The molecule has 3 heterocycles. The molecule has 0 saturated heterocycles. The van der Waals surface area contributed by atoms with E-state index in [9.17, 15) is 18.0 Å². The van der Waals surface area contributed by atoms with Crippen LogP contribution in [0.25, 0.3) is 11.4 Å². The molecular weight excluding hydrogens is 450 g/mol. The summed E-state index contributed by atoms with van der Waals surface area (Å²) in [6.45, 7) is 5.08. The lowest BCUT2D eigenvalue weighted by Gasteiger charge is -2.33. The van der Waals surface area contributed by atoms with Crippen LogP contribution < -0.4 is 19.6 Å². The summed E-state index contributed by atoms with van der Waals surface area (Å²) in [5, 5.41) is 0. The topological polar surface area (TPSA) is 126 Å². The van der Waals surface area contributed by atoms with Crippen LogP contribution in [0.3, 0.4) is 0 Å². The van der Waals surface area contributed by atoms with Crippen LogP contribution in [0, 0.1) is 5.92 Å². The van der Waals surface area contributed by atoms with Crippen LogP contribution in [0.5, 0.6) is 11.6 Å². The minimum atomic E-state index is -3.81. The van der Waals surface area contributed by atoms with Gasteiger partial charge in [0, 0.05) is 38.4 Å². The molecule has 180 valence electrons. The quantitative estimate of drug-likeness (QED) is 0.540. The maximum atomic E-state index is 12.8. The summed E-state index contributed by atoms with van der Waals surface area (Å²) in [6.07, 6.45) is 3.57. The van der Waals surface area contributed by atoms with E-state index >= 15 is 0 Å². The van der Waals surface area contributed by atoms with Crippen molar-refractivity contribution in [1.29, 1.82) is 0 Å². The Hall–Kier alpha value is -2.92. The number of fused-ring (bicyclic) bond motifs is 3. The van der Waals surface area contributed by atoms with Crippen molar-refractivity contribution in [2.75, 3.05) is 33.7 Å². The monoisotopic (exact) mass is 479 g/mol. The first-order valence-electron chi connectivity index (χ1n) is 10.5. The number of ether oxygens (including phenoxy) is 3. The summed E-state index contributed by atoms with van der Waals surface area (Å²) in [5.41, 5.74) is 1.13. The fourth-order valence-corrected chi connectivity index (χ4v) is 4.26. The minimum absolute atomic E-state index is 0.0885. The van der Waals surface area contributed by atoms with Gasteiger partial charge in [-0.2, -0.15) is 0 Å². The molecule has 0 radical (unpaired) electrons. The number of hydrogen-bond acceptors (Lipinski definition) is 8. The van der Waals surface area contributed by atoms with Crippen molar-refractivity contribution in [3.8, 4) is 23.0 Å². The molecule has 1 atom stereocenters. The molecule has 0 bridgehead atoms. The Balaban J connectivity index is 2.10. The smallest absolute Gasteiger partial charge is 0.270 e. The van der Waals surface area contributed by atoms with Crippen molar-refractivity contribution in [3.05, 3.63) is 39.7 Å². The predicted molar refractivity (Wildman–Crippen MR) is 122 cm³/mol. The molecule has 0 unspecified atom stereocenters. The number of nitrogens with zero attached hydrogens (tertiary/aromatic N) is 2. The van der Waals surface area contributed by atoms with Crippen LogP contribution in [0.15, 0.2) is 23.1 Å². The number of carbonyl (C=O) groups excluding carboxylic acids is 1. The van der Waals surface area contributed by atoms with Gasteiger partial charge in [0.05, 0.1) is 31.4 Å². The zero-order chi connectivity index (χ0) is 24.3. The van der Waals surface area contributed by atoms with Crippen molar-refractivity contribution < 1.29 is 27.4 Å². The highest BCUT2D eigenvalue weighted by Gasteiger charge is 2.30. The lowest BCUT2D eigenvalue weighted by molar-refractivity contribution is 0.0979. The van der Waals surface area contributed by atoms with Crippen LogP contribution >= 0.6 is 0 Å². The van der Waals surface area contributed by atoms with Crippen molar-refractivity contribution in [3.63, 3.8) is 0 Å². The molecule has 3 rings (SSSR count). The van der Waals surface area contributed by atoms with E-state index < -0.39 is 21.4 Å². The summed E-state index contributed by atoms with van der Waals surface area (Å²) in [4.78, 5) is 29.8. The van der Waals surface area contributed by atoms with E-state index in [1.807, 2.05) is 29.2 Å². The van der Waals surface area contributed by atoms with Gasteiger partial charge in [0.1, 0.15) is 5.56 Å². The molecule has 10 nitrogen and oxygen atoms in total. The summed E-state index contributed by atoms with van der Waals surface area (Å²) >= 11 is 0. The number of nitrogens with one attached hydrogen (secondary N) is 1. The first-order chi connectivity index (χ1) is 15.6. The highest BCUT2D eigenvalue weighted by molar-refractivity contribution is 7.89. The van der Waals surface area contributed by atoms with Crippen molar-refractivity contribution in [1.82, 2.24) is 14.3 Å². The summed E-state index contributed by atoms with van der Waals surface area (Å²) in [7, 11) is -0.696. The normalized spacial score (nSPS) is 15.0. The van der Waals surface area contributed by atoms with Crippen molar-refractivity contribution in [2.24, 2.45) is 5.92 Å². The average Bonchev–Trinajstić information content (AvgIpc) is 2.73. The molecule has 1 amide bonds. The zero-order valence-electron chi connectivity index (χ0n) is 19.4. The van der Waals surface area contributed by atoms with E-state index in [2.05, 4.69) is 4.98 Å². The molecule has 2 aromatic rings. The lowest BCUT2D eigenvalue weighted by Crippen LogP contribution is -2.35. The van der Waals surface area contributed by atoms with Crippen molar-refractivity contribution in [2.45, 2.75) is 32.7 Å². The van der Waals surface area contributed by atoms with Gasteiger partial charge in [0.15, 0.2) is 11.2 Å². The largest absolute Gasteiger partial charge is 0.488 e. The Bertz CT molecular complexity index is 1210. The van der Waals surface area contributed by atoms with E-state index in [0.717, 1.165) is 11.8 Å². The lowest BCUT2D eigenvalue weighted by atomic mass is 9.89. The zero-order valence-corrected chi connectivity index (χ0v) is 20.2. The Morgan fingerprint density at radius 2 is 2.00 bits per heavy atom. The summed E-state index contributed by atoms with van der Waals surface area (Å²) < 4.78 is 43.0. The molecule has 0 spiro atoms. The highest BCUT2D eigenvalue weighted by atomic mass is 32.2. The second kappa shape index (κ2) is 9.92. The molecule has 0 aliphatic carbocycles. The third-order valence-electron chi connectivity index (χ3n) is 5.38. The van der Waals surface area contributed by atoms with Crippen LogP contribution in [-0.2, 0) is 21.2 Å². The van der Waals surface area contributed by atoms with Crippen LogP contribution in [0.2, 0.25) is 0 Å². The second-order valence-electron chi connectivity index (χ2n) is 8.26. The fraction of sp³-hybridized carbons (Fsp3) is 0.500. The van der Waals surface area contributed by atoms with E-state index in [-0.39, 0.29) is 23.4 Å². The Morgan fingerprint density at radius 1 is 1.27 bits per heavy atom. The van der Waals surface area contributed by atoms with Crippen molar-refractivity contribution >= 4 is 15.9 Å². The summed E-state index contributed by atoms with van der Waals surface area (Å²) in [6, 6.07) is 3.10. The van der Waals surface area contributed by atoms with Gasteiger partial charge in [-0.05, 0) is 24.0 Å². The molecule has 1 N–H and O–H groups in total. The van der Waals surface area contributed by atoms with Gasteiger partial charge in [-0.15, -0.1) is 0 Å². The SMILES string of the molecule is COCCCOc1cc2c(nc1OC)-c1cc(=O)c(C(=O)NS(C)(=O)=O)cn1[C@H](C(C)C)C2. The van der Waals surface area contributed by atoms with Gasteiger partial charge in [-0.1, -0.05) is 13.8 Å². The average molecular weight is 480 g/mol. The molecule has 0 aromatic carbocycles. The molecule has 2 aromatic heterocycles. The number of carbonyl (C=O) groups is 1. The second-order valence-corrected chi connectivity index (χ2v) is 10.0. The number of pyridine rings is 2. The molecular formula is C22H29N3O7S. The third kappa shape index (κ3) is 5.53. The number of methoxy groups -OCH3 is 2. The number of sulfonamides is 1.